The van der Waals surface area contributed by atoms with Crippen LogP contribution in [-0.2, 0) is 0 Å². The largest absolute Gasteiger partial charge is 0.496 e. The molecule has 4 aromatic rings. The summed E-state index contributed by atoms with van der Waals surface area (Å²) in [6.07, 6.45) is 4.14. The monoisotopic (exact) mass is 327 g/mol. The van der Waals surface area contributed by atoms with Crippen LogP contribution in [0.4, 0.5) is 0 Å². The van der Waals surface area contributed by atoms with Crippen molar-refractivity contribution in [2.24, 2.45) is 0 Å². The van der Waals surface area contributed by atoms with E-state index in [1.165, 1.54) is 0 Å². The van der Waals surface area contributed by atoms with Crippen LogP contribution < -0.4 is 4.74 Å². The Bertz CT molecular complexity index is 999. The maximum atomic E-state index is 5.86. The number of ether oxygens (including phenoxy) is 1. The van der Waals surface area contributed by atoms with Gasteiger partial charge in [0.05, 0.1) is 12.7 Å². The number of rotatable bonds is 4. The van der Waals surface area contributed by atoms with Crippen LogP contribution in [0.25, 0.3) is 34.7 Å². The number of aromatic nitrogens is 1. The molecular weight excluding hydrogens is 310 g/mol. The number of methoxy groups -OCH3 is 1. The van der Waals surface area contributed by atoms with Gasteiger partial charge in [-0.05, 0) is 35.4 Å². The summed E-state index contributed by atoms with van der Waals surface area (Å²) in [4.78, 5) is 4.55. The maximum absolute atomic E-state index is 5.86. The van der Waals surface area contributed by atoms with Crippen molar-refractivity contribution < 1.29 is 9.15 Å². The molecule has 3 aromatic carbocycles. The van der Waals surface area contributed by atoms with E-state index < -0.39 is 0 Å². The summed E-state index contributed by atoms with van der Waals surface area (Å²) in [7, 11) is 1.66. The minimum absolute atomic E-state index is 0.566. The van der Waals surface area contributed by atoms with E-state index in [1.807, 2.05) is 60.7 Å². The van der Waals surface area contributed by atoms with Crippen molar-refractivity contribution in [1.29, 1.82) is 0 Å². The van der Waals surface area contributed by atoms with Crippen molar-refractivity contribution in [3.05, 3.63) is 83.9 Å². The molecule has 0 bridgehead atoms. The molecule has 0 unspecified atom stereocenters. The normalized spacial score (nSPS) is 11.2. The molecule has 122 valence electrons. The van der Waals surface area contributed by atoms with Crippen molar-refractivity contribution >= 4 is 23.3 Å². The van der Waals surface area contributed by atoms with Gasteiger partial charge < -0.3 is 9.15 Å². The molecule has 0 N–H and O–H groups in total. The van der Waals surface area contributed by atoms with Gasteiger partial charge in [-0.1, -0.05) is 60.7 Å². The van der Waals surface area contributed by atoms with Gasteiger partial charge in [-0.3, -0.25) is 0 Å². The molecule has 25 heavy (non-hydrogen) atoms. The van der Waals surface area contributed by atoms with Crippen LogP contribution in [0.1, 0.15) is 11.1 Å². The highest BCUT2D eigenvalue weighted by atomic mass is 16.5. The van der Waals surface area contributed by atoms with E-state index in [9.17, 15) is 0 Å². The van der Waals surface area contributed by atoms with Gasteiger partial charge >= 0.3 is 0 Å². The molecule has 0 aliphatic heterocycles. The summed E-state index contributed by atoms with van der Waals surface area (Å²) in [6, 6.07) is 23.9. The van der Waals surface area contributed by atoms with Crippen LogP contribution >= 0.6 is 0 Å². The van der Waals surface area contributed by atoms with Gasteiger partial charge in [0.1, 0.15) is 11.3 Å². The van der Waals surface area contributed by atoms with Gasteiger partial charge in [0.15, 0.2) is 5.58 Å². The molecular formula is C22H17NO2. The van der Waals surface area contributed by atoms with Crippen LogP contribution in [0.15, 0.2) is 77.2 Å². The smallest absolute Gasteiger partial charge is 0.231 e. The van der Waals surface area contributed by atoms with Crippen molar-refractivity contribution in [2.75, 3.05) is 7.11 Å². The Morgan fingerprint density at radius 3 is 2.40 bits per heavy atom. The molecule has 0 saturated heterocycles. The maximum Gasteiger partial charge on any atom is 0.231 e. The fraction of sp³-hybridized carbons (Fsp3) is 0.0455. The Balaban J connectivity index is 1.69. The lowest BCUT2D eigenvalue weighted by Gasteiger charge is -2.06. The van der Waals surface area contributed by atoms with E-state index in [4.69, 9.17) is 9.15 Å². The first-order valence-electron chi connectivity index (χ1n) is 8.10. The number of hydrogen-bond acceptors (Lipinski definition) is 3. The predicted octanol–water partition coefficient (Wildman–Crippen LogP) is 5.67. The number of oxazole rings is 1. The molecule has 0 aliphatic rings. The minimum Gasteiger partial charge on any atom is -0.496 e. The summed E-state index contributed by atoms with van der Waals surface area (Å²) < 4.78 is 11.4. The van der Waals surface area contributed by atoms with Crippen molar-refractivity contribution in [3.63, 3.8) is 0 Å². The second kappa shape index (κ2) is 6.65. The van der Waals surface area contributed by atoms with Crippen LogP contribution in [0.5, 0.6) is 5.75 Å². The first-order valence-corrected chi connectivity index (χ1v) is 8.10. The number of nitrogens with zero attached hydrogens (tertiary/aromatic N) is 1. The van der Waals surface area contributed by atoms with Gasteiger partial charge in [0, 0.05) is 0 Å². The zero-order valence-corrected chi connectivity index (χ0v) is 13.8. The highest BCUT2D eigenvalue weighted by molar-refractivity contribution is 5.79. The third kappa shape index (κ3) is 3.17. The molecule has 1 aromatic heterocycles. The van der Waals surface area contributed by atoms with Crippen LogP contribution in [-0.4, -0.2) is 12.1 Å². The lowest BCUT2D eigenvalue weighted by molar-refractivity contribution is 0.414. The quantitative estimate of drug-likeness (QED) is 0.453. The molecule has 0 aliphatic carbocycles. The van der Waals surface area contributed by atoms with Crippen LogP contribution in [0.3, 0.4) is 0 Å². The van der Waals surface area contributed by atoms with E-state index in [-0.39, 0.29) is 0 Å². The second-order valence-corrected chi connectivity index (χ2v) is 5.69. The van der Waals surface area contributed by atoms with Crippen molar-refractivity contribution in [3.8, 4) is 17.2 Å². The summed E-state index contributed by atoms with van der Waals surface area (Å²) in [6.45, 7) is 0. The third-order valence-corrected chi connectivity index (χ3v) is 4.02. The molecule has 0 radical (unpaired) electrons. The Kier molecular flexibility index (Phi) is 4.05. The van der Waals surface area contributed by atoms with Crippen molar-refractivity contribution in [2.45, 2.75) is 0 Å². The summed E-state index contributed by atoms with van der Waals surface area (Å²) in [5.41, 5.74) is 4.67. The fourth-order valence-electron chi connectivity index (χ4n) is 2.73. The standard InChI is InChI=1S/C22H17NO2/c1-24-21-15-17(12-11-16-7-3-2-4-8-16)13-14-18(21)22-23-19-9-5-6-10-20(19)25-22/h2-15H,1H3. The summed E-state index contributed by atoms with van der Waals surface area (Å²) >= 11 is 0. The van der Waals surface area contributed by atoms with Gasteiger partial charge in [-0.2, -0.15) is 0 Å². The SMILES string of the molecule is COc1cc(C=Cc2ccccc2)ccc1-c1nc2ccccc2o1. The average molecular weight is 327 g/mol. The molecule has 0 fully saturated rings. The predicted molar refractivity (Wildman–Crippen MR) is 101 cm³/mol. The van der Waals surface area contributed by atoms with Crippen LogP contribution in [0, 0.1) is 0 Å². The van der Waals surface area contributed by atoms with E-state index in [0.717, 1.165) is 33.5 Å². The molecule has 3 heteroatoms. The van der Waals surface area contributed by atoms with E-state index in [2.05, 4.69) is 29.3 Å². The Labute approximate surface area is 146 Å². The Morgan fingerprint density at radius 1 is 0.840 bits per heavy atom. The molecule has 0 atom stereocenters. The number of para-hydroxylation sites is 2. The lowest BCUT2D eigenvalue weighted by Crippen LogP contribution is -1.89. The second-order valence-electron chi connectivity index (χ2n) is 5.69. The van der Waals surface area contributed by atoms with Gasteiger partial charge in [0.25, 0.3) is 0 Å². The lowest BCUT2D eigenvalue weighted by atomic mass is 10.1. The molecule has 3 nitrogen and oxygen atoms in total. The Morgan fingerprint density at radius 2 is 1.60 bits per heavy atom. The van der Waals surface area contributed by atoms with E-state index >= 15 is 0 Å². The zero-order valence-electron chi connectivity index (χ0n) is 13.8. The molecule has 0 spiro atoms. The average Bonchev–Trinajstić information content (AvgIpc) is 3.11. The van der Waals surface area contributed by atoms with Gasteiger partial charge in [-0.25, -0.2) is 4.98 Å². The Hall–Kier alpha value is -3.33. The van der Waals surface area contributed by atoms with Crippen LogP contribution in [0.2, 0.25) is 0 Å². The number of hydrogen-bond donors (Lipinski definition) is 0. The molecule has 4 rings (SSSR count). The summed E-state index contributed by atoms with van der Waals surface area (Å²) in [5.74, 6) is 1.30. The number of benzene rings is 3. The zero-order chi connectivity index (χ0) is 17.1. The van der Waals surface area contributed by atoms with Gasteiger partial charge in [0.2, 0.25) is 5.89 Å². The third-order valence-electron chi connectivity index (χ3n) is 4.02. The molecule has 1 heterocycles. The number of fused-ring (bicyclic) bond motifs is 1. The van der Waals surface area contributed by atoms with E-state index in [1.54, 1.807) is 7.11 Å². The summed E-state index contributed by atoms with van der Waals surface area (Å²) in [5, 5.41) is 0. The molecule has 0 amide bonds. The highest BCUT2D eigenvalue weighted by Gasteiger charge is 2.13. The van der Waals surface area contributed by atoms with Crippen molar-refractivity contribution in [1.82, 2.24) is 4.98 Å². The fourth-order valence-corrected chi connectivity index (χ4v) is 2.73. The first kappa shape index (κ1) is 15.2. The van der Waals surface area contributed by atoms with Gasteiger partial charge in [-0.15, -0.1) is 0 Å². The topological polar surface area (TPSA) is 35.3 Å². The minimum atomic E-state index is 0.566. The first-order chi connectivity index (χ1) is 12.3. The highest BCUT2D eigenvalue weighted by Crippen LogP contribution is 2.32. The van der Waals surface area contributed by atoms with E-state index in [0.29, 0.717) is 5.89 Å². The molecule has 0 saturated carbocycles.